The quantitative estimate of drug-likeness (QED) is 0.718. The van der Waals surface area contributed by atoms with Gasteiger partial charge in [0, 0.05) is 9.79 Å². The first-order valence-corrected chi connectivity index (χ1v) is 5.80. The van der Waals surface area contributed by atoms with Gasteiger partial charge in [-0.1, -0.05) is 48.2 Å². The Morgan fingerprint density at radius 2 is 1.67 bits per heavy atom. The minimum Gasteiger partial charge on any atom is -0.0889 e. The van der Waals surface area contributed by atoms with Crippen LogP contribution in [-0.4, -0.2) is 0 Å². The predicted octanol–water partition coefficient (Wildman–Crippen LogP) is 4.25. The van der Waals surface area contributed by atoms with Crippen LogP contribution in [0.1, 0.15) is 11.1 Å². The molecule has 2 aromatic rings. The van der Waals surface area contributed by atoms with E-state index in [1.54, 1.807) is 11.8 Å². The van der Waals surface area contributed by atoms with Crippen LogP contribution in [0.4, 0.5) is 0 Å². The lowest BCUT2D eigenvalue weighted by molar-refractivity contribution is 1.21. The highest BCUT2D eigenvalue weighted by Gasteiger charge is 2.03. The highest BCUT2D eigenvalue weighted by Crippen LogP contribution is 2.32. The fourth-order valence-electron chi connectivity index (χ4n) is 1.51. The van der Waals surface area contributed by atoms with Gasteiger partial charge >= 0.3 is 0 Å². The second-order valence-electron chi connectivity index (χ2n) is 3.55. The molecule has 0 aliphatic heterocycles. The maximum Gasteiger partial charge on any atom is 0.0201 e. The van der Waals surface area contributed by atoms with Crippen molar-refractivity contribution >= 4 is 11.8 Å². The van der Waals surface area contributed by atoms with Gasteiger partial charge in [0.15, 0.2) is 0 Å². The van der Waals surface area contributed by atoms with E-state index >= 15 is 0 Å². The van der Waals surface area contributed by atoms with E-state index in [2.05, 4.69) is 44.2 Å². The Hall–Kier alpha value is -1.21. The highest BCUT2D eigenvalue weighted by molar-refractivity contribution is 7.99. The van der Waals surface area contributed by atoms with Gasteiger partial charge in [-0.15, -0.1) is 0 Å². The van der Waals surface area contributed by atoms with Crippen molar-refractivity contribution in [2.45, 2.75) is 23.6 Å². The van der Waals surface area contributed by atoms with E-state index in [-0.39, 0.29) is 0 Å². The molecule has 1 radical (unpaired) electrons. The van der Waals surface area contributed by atoms with Gasteiger partial charge in [0.2, 0.25) is 0 Å². The summed E-state index contributed by atoms with van der Waals surface area (Å²) in [5, 5.41) is 0. The lowest BCUT2D eigenvalue weighted by Crippen LogP contribution is -1.84. The van der Waals surface area contributed by atoms with Gasteiger partial charge in [0.05, 0.1) is 0 Å². The second-order valence-corrected chi connectivity index (χ2v) is 4.60. The van der Waals surface area contributed by atoms with Crippen LogP contribution in [0.25, 0.3) is 0 Å². The first-order valence-electron chi connectivity index (χ1n) is 4.98. The maximum atomic E-state index is 3.23. The molecular weight excluding hydrogens is 200 g/mol. The Balaban J connectivity index is 2.32. The molecule has 2 rings (SSSR count). The Morgan fingerprint density at radius 1 is 0.933 bits per heavy atom. The molecule has 0 spiro atoms. The summed E-state index contributed by atoms with van der Waals surface area (Å²) < 4.78 is 0. The molecule has 1 heteroatoms. The van der Waals surface area contributed by atoms with Gasteiger partial charge in [-0.25, -0.2) is 0 Å². The number of benzene rings is 2. The van der Waals surface area contributed by atoms with Crippen molar-refractivity contribution in [3.05, 3.63) is 59.7 Å². The Labute approximate surface area is 95.3 Å². The number of hydrogen-bond donors (Lipinski definition) is 0. The van der Waals surface area contributed by atoms with Crippen molar-refractivity contribution in [1.82, 2.24) is 0 Å². The minimum absolute atomic E-state index is 1.18. The molecule has 0 nitrogen and oxygen atoms in total. The standard InChI is InChI=1S/C14H13S/c1-11-7-6-8-12(2)14(11)15-13-9-4-3-5-10-13/h3-9H,1-2H3. The van der Waals surface area contributed by atoms with E-state index < -0.39 is 0 Å². The third-order valence-corrected chi connectivity index (χ3v) is 3.62. The van der Waals surface area contributed by atoms with Crippen LogP contribution in [0.3, 0.4) is 0 Å². The molecule has 0 atom stereocenters. The second kappa shape index (κ2) is 4.54. The van der Waals surface area contributed by atoms with E-state index in [9.17, 15) is 0 Å². The van der Waals surface area contributed by atoms with Crippen molar-refractivity contribution in [1.29, 1.82) is 0 Å². The molecule has 0 N–H and O–H groups in total. The van der Waals surface area contributed by atoms with Gasteiger partial charge < -0.3 is 0 Å². The zero-order chi connectivity index (χ0) is 10.7. The zero-order valence-corrected chi connectivity index (χ0v) is 9.77. The van der Waals surface area contributed by atoms with Crippen LogP contribution in [0.2, 0.25) is 0 Å². The van der Waals surface area contributed by atoms with E-state index in [0.717, 1.165) is 0 Å². The third-order valence-electron chi connectivity index (χ3n) is 2.30. The van der Waals surface area contributed by atoms with Gasteiger partial charge in [0.1, 0.15) is 0 Å². The van der Waals surface area contributed by atoms with Gasteiger partial charge in [-0.3, -0.25) is 0 Å². The summed E-state index contributed by atoms with van der Waals surface area (Å²) in [4.78, 5) is 2.52. The predicted molar refractivity (Wildman–Crippen MR) is 65.3 cm³/mol. The summed E-state index contributed by atoms with van der Waals surface area (Å²) in [6.45, 7) is 4.30. The molecule has 0 saturated carbocycles. The van der Waals surface area contributed by atoms with Crippen molar-refractivity contribution in [3.8, 4) is 0 Å². The molecule has 0 aliphatic carbocycles. The molecule has 2 aromatic carbocycles. The number of hydrogen-bond acceptors (Lipinski definition) is 1. The van der Waals surface area contributed by atoms with E-state index in [4.69, 9.17) is 0 Å². The molecule has 0 amide bonds. The van der Waals surface area contributed by atoms with Crippen LogP contribution in [0.5, 0.6) is 0 Å². The van der Waals surface area contributed by atoms with Gasteiger partial charge in [-0.2, -0.15) is 0 Å². The topological polar surface area (TPSA) is 0 Å². The van der Waals surface area contributed by atoms with Gasteiger partial charge in [0.25, 0.3) is 0 Å². The van der Waals surface area contributed by atoms with E-state index in [1.165, 1.54) is 20.9 Å². The van der Waals surface area contributed by atoms with Crippen LogP contribution in [0.15, 0.2) is 52.3 Å². The van der Waals surface area contributed by atoms with Crippen molar-refractivity contribution in [3.63, 3.8) is 0 Å². The average molecular weight is 213 g/mol. The largest absolute Gasteiger partial charge is 0.0889 e. The first kappa shape index (κ1) is 10.3. The molecule has 0 bridgehead atoms. The molecule has 0 heterocycles. The summed E-state index contributed by atoms with van der Waals surface area (Å²) in [6.07, 6.45) is 0. The van der Waals surface area contributed by atoms with E-state index in [0.29, 0.717) is 0 Å². The molecule has 0 aliphatic rings. The smallest absolute Gasteiger partial charge is 0.0201 e. The fraction of sp³-hybridized carbons (Fsp3) is 0.143. The molecule has 0 aromatic heterocycles. The van der Waals surface area contributed by atoms with Crippen LogP contribution in [0, 0.1) is 19.9 Å². The summed E-state index contributed by atoms with van der Waals surface area (Å²) in [5.74, 6) is 0. The van der Waals surface area contributed by atoms with Crippen LogP contribution < -0.4 is 0 Å². The SMILES string of the molecule is Cc1cccc(C)c1Sc1[c]cccc1. The van der Waals surface area contributed by atoms with Crippen molar-refractivity contribution in [2.24, 2.45) is 0 Å². The van der Waals surface area contributed by atoms with E-state index in [1.807, 2.05) is 18.2 Å². The number of aryl methyl sites for hydroxylation is 2. The molecule has 75 valence electrons. The molecule has 0 fully saturated rings. The fourth-order valence-corrected chi connectivity index (χ4v) is 2.46. The van der Waals surface area contributed by atoms with Crippen molar-refractivity contribution < 1.29 is 0 Å². The molecule has 15 heavy (non-hydrogen) atoms. The Kier molecular flexibility index (Phi) is 3.12. The lowest BCUT2D eigenvalue weighted by atomic mass is 10.2. The molecular formula is C14H13S. The summed E-state index contributed by atoms with van der Waals surface area (Å²) in [5.41, 5.74) is 2.66. The summed E-state index contributed by atoms with van der Waals surface area (Å²) >= 11 is 1.79. The summed E-state index contributed by atoms with van der Waals surface area (Å²) in [7, 11) is 0. The first-order chi connectivity index (χ1) is 7.27. The normalized spacial score (nSPS) is 10.3. The summed E-state index contributed by atoms with van der Waals surface area (Å²) in [6, 6.07) is 17.7. The van der Waals surface area contributed by atoms with Crippen LogP contribution >= 0.6 is 11.8 Å². The Bertz CT molecular complexity index is 426. The average Bonchev–Trinajstić information content (AvgIpc) is 2.25. The molecule has 0 unspecified atom stereocenters. The van der Waals surface area contributed by atoms with Crippen molar-refractivity contribution in [2.75, 3.05) is 0 Å². The zero-order valence-electron chi connectivity index (χ0n) is 8.95. The van der Waals surface area contributed by atoms with Gasteiger partial charge in [-0.05, 0) is 37.1 Å². The van der Waals surface area contributed by atoms with Crippen LogP contribution in [-0.2, 0) is 0 Å². The monoisotopic (exact) mass is 213 g/mol. The Morgan fingerprint density at radius 3 is 2.27 bits per heavy atom. The third kappa shape index (κ3) is 2.42. The maximum absolute atomic E-state index is 3.23. The number of rotatable bonds is 2. The minimum atomic E-state index is 1.18. The molecule has 0 saturated heterocycles. The highest BCUT2D eigenvalue weighted by atomic mass is 32.2. The lowest BCUT2D eigenvalue weighted by Gasteiger charge is -2.08.